The Morgan fingerprint density at radius 2 is 1.94 bits per heavy atom. The maximum Gasteiger partial charge on any atom is 0.243 e. The van der Waals surface area contributed by atoms with Gasteiger partial charge in [0, 0.05) is 44.5 Å². The summed E-state index contributed by atoms with van der Waals surface area (Å²) in [4.78, 5) is 14.3. The van der Waals surface area contributed by atoms with Crippen molar-refractivity contribution in [3.05, 3.63) is 72.0 Å². The van der Waals surface area contributed by atoms with Gasteiger partial charge in [-0.2, -0.15) is 4.98 Å². The van der Waals surface area contributed by atoms with Gasteiger partial charge < -0.3 is 24.6 Å². The number of hydrogen-bond acceptors (Lipinski definition) is 8. The maximum atomic E-state index is 5.44. The molecule has 5 rings (SSSR count). The van der Waals surface area contributed by atoms with Crippen molar-refractivity contribution in [3.8, 4) is 0 Å². The van der Waals surface area contributed by atoms with E-state index in [1.807, 2.05) is 18.3 Å². The number of anilines is 2. The van der Waals surface area contributed by atoms with E-state index in [4.69, 9.17) is 19.4 Å². The van der Waals surface area contributed by atoms with E-state index >= 15 is 0 Å². The van der Waals surface area contributed by atoms with E-state index in [1.165, 1.54) is 5.56 Å². The molecule has 1 N–H and O–H groups in total. The number of aromatic nitrogens is 4. The lowest BCUT2D eigenvalue weighted by Gasteiger charge is -2.41. The molecule has 172 valence electrons. The first-order valence-corrected chi connectivity index (χ1v) is 11.1. The molecule has 0 amide bonds. The van der Waals surface area contributed by atoms with Crippen LogP contribution in [0.15, 0.2) is 66.4 Å². The van der Waals surface area contributed by atoms with Gasteiger partial charge in [-0.3, -0.25) is 0 Å². The van der Waals surface area contributed by atoms with E-state index in [-0.39, 0.29) is 12.1 Å². The van der Waals surface area contributed by atoms with Crippen molar-refractivity contribution in [2.45, 2.75) is 18.5 Å². The third-order valence-corrected chi connectivity index (χ3v) is 6.18. The second-order valence-corrected chi connectivity index (χ2v) is 8.38. The Bertz CT molecular complexity index is 1170. The number of fused-ring (bicyclic) bond motifs is 1. The van der Waals surface area contributed by atoms with Crippen molar-refractivity contribution in [2.24, 2.45) is 0 Å². The summed E-state index contributed by atoms with van der Waals surface area (Å²) in [5.41, 5.74) is 2.00. The third-order valence-electron chi connectivity index (χ3n) is 6.18. The summed E-state index contributed by atoms with van der Waals surface area (Å²) >= 11 is 0. The van der Waals surface area contributed by atoms with Crippen LogP contribution in [0.1, 0.15) is 18.0 Å². The zero-order valence-electron chi connectivity index (χ0n) is 19.2. The van der Waals surface area contributed by atoms with Crippen LogP contribution in [0.5, 0.6) is 0 Å². The largest absolute Gasteiger partial charge is 0.501 e. The van der Waals surface area contributed by atoms with Crippen LogP contribution in [0.4, 0.5) is 11.8 Å². The highest BCUT2D eigenvalue weighted by Crippen LogP contribution is 2.31. The summed E-state index contributed by atoms with van der Waals surface area (Å²) in [6.45, 7) is 2.75. The molecule has 3 heterocycles. The van der Waals surface area contributed by atoms with E-state index in [2.05, 4.69) is 57.6 Å². The number of ether oxygens (including phenoxy) is 2. The van der Waals surface area contributed by atoms with Crippen molar-refractivity contribution in [3.63, 3.8) is 0 Å². The van der Waals surface area contributed by atoms with Crippen molar-refractivity contribution in [2.75, 3.05) is 51.1 Å². The maximum absolute atomic E-state index is 5.44. The molecular formula is C24H29N7O2. The van der Waals surface area contributed by atoms with Gasteiger partial charge in [0.1, 0.15) is 11.5 Å². The number of allylic oxidation sites excluding steroid dienone is 1. The molecule has 1 aliphatic carbocycles. The molecule has 1 aromatic carbocycles. The predicted octanol–water partition coefficient (Wildman–Crippen LogP) is 2.86. The second kappa shape index (κ2) is 9.11. The van der Waals surface area contributed by atoms with Gasteiger partial charge in [0.05, 0.1) is 26.3 Å². The van der Waals surface area contributed by atoms with Gasteiger partial charge in [0.2, 0.25) is 5.95 Å². The van der Waals surface area contributed by atoms with Crippen molar-refractivity contribution < 1.29 is 9.47 Å². The summed E-state index contributed by atoms with van der Waals surface area (Å²) in [6.07, 6.45) is 8.23. The highest BCUT2D eigenvalue weighted by Gasteiger charge is 2.30. The van der Waals surface area contributed by atoms with Gasteiger partial charge in [-0.15, -0.1) is 5.10 Å². The summed E-state index contributed by atoms with van der Waals surface area (Å²) in [5.74, 6) is 2.99. The minimum atomic E-state index is -0.0329. The summed E-state index contributed by atoms with van der Waals surface area (Å²) in [7, 11) is 5.48. The number of piperazine rings is 1. The molecule has 33 heavy (non-hydrogen) atoms. The van der Waals surface area contributed by atoms with Crippen LogP contribution in [0, 0.1) is 0 Å². The smallest absolute Gasteiger partial charge is 0.243 e. The van der Waals surface area contributed by atoms with Gasteiger partial charge in [0.25, 0.3) is 0 Å². The number of likely N-dealkylation sites (N-methyl/N-ethyl adjacent to an activating group) is 1. The van der Waals surface area contributed by atoms with Crippen molar-refractivity contribution in [1.29, 1.82) is 0 Å². The molecule has 9 nitrogen and oxygen atoms in total. The van der Waals surface area contributed by atoms with E-state index in [0.717, 1.165) is 42.6 Å². The lowest BCUT2D eigenvalue weighted by atomic mass is 10.0. The molecular weight excluding hydrogens is 418 g/mol. The fraction of sp³-hybridized carbons (Fsp3) is 0.375. The van der Waals surface area contributed by atoms with Crippen LogP contribution in [0.2, 0.25) is 0 Å². The monoisotopic (exact) mass is 447 g/mol. The first-order valence-electron chi connectivity index (χ1n) is 11.1. The summed E-state index contributed by atoms with van der Waals surface area (Å²) in [5, 5.41) is 8.07. The zero-order valence-corrected chi connectivity index (χ0v) is 19.2. The fourth-order valence-electron chi connectivity index (χ4n) is 4.47. The van der Waals surface area contributed by atoms with Gasteiger partial charge in [-0.25, -0.2) is 9.50 Å². The lowest BCUT2D eigenvalue weighted by molar-refractivity contribution is 0.255. The Kier molecular flexibility index (Phi) is 5.87. The van der Waals surface area contributed by atoms with Crippen LogP contribution in [0.25, 0.3) is 5.65 Å². The fourth-order valence-corrected chi connectivity index (χ4v) is 4.47. The third kappa shape index (κ3) is 4.36. The van der Waals surface area contributed by atoms with Crippen molar-refractivity contribution in [1.82, 2.24) is 24.5 Å². The van der Waals surface area contributed by atoms with E-state index in [9.17, 15) is 0 Å². The number of nitrogens with one attached hydrogen (secondary N) is 1. The van der Waals surface area contributed by atoms with Crippen LogP contribution < -0.4 is 10.2 Å². The molecule has 2 unspecified atom stereocenters. The lowest BCUT2D eigenvalue weighted by Crippen LogP contribution is -2.47. The van der Waals surface area contributed by atoms with Gasteiger partial charge in [-0.05, 0) is 18.7 Å². The molecule has 0 radical (unpaired) electrons. The van der Waals surface area contributed by atoms with Crippen LogP contribution in [-0.2, 0) is 9.47 Å². The first-order chi connectivity index (χ1) is 16.1. The Morgan fingerprint density at radius 1 is 1.09 bits per heavy atom. The topological polar surface area (TPSA) is 80.1 Å². The average molecular weight is 448 g/mol. The van der Waals surface area contributed by atoms with E-state index in [1.54, 1.807) is 24.9 Å². The number of rotatable bonds is 6. The van der Waals surface area contributed by atoms with Gasteiger partial charge in [-0.1, -0.05) is 30.3 Å². The average Bonchev–Trinajstić information content (AvgIpc) is 3.26. The van der Waals surface area contributed by atoms with E-state index in [0.29, 0.717) is 12.4 Å². The summed E-state index contributed by atoms with van der Waals surface area (Å²) < 4.78 is 12.6. The van der Waals surface area contributed by atoms with Crippen LogP contribution >= 0.6 is 0 Å². The first kappa shape index (κ1) is 21.3. The van der Waals surface area contributed by atoms with Crippen molar-refractivity contribution >= 4 is 17.4 Å². The minimum absolute atomic E-state index is 0.0329. The second-order valence-electron chi connectivity index (χ2n) is 8.38. The standard InChI is InChI=1S/C24H29N7O2/c1-29-11-12-30(21(16-29)17-7-5-4-6-8-17)22-23-27-24(28-31(23)10-9-25-22)26-18-13-19(32-2)15-20(14-18)33-3/h4-10,13,15,18,21H,11-12,14,16H2,1-3H3,(H,26,28). The minimum Gasteiger partial charge on any atom is -0.501 e. The Morgan fingerprint density at radius 3 is 2.73 bits per heavy atom. The highest BCUT2D eigenvalue weighted by molar-refractivity contribution is 5.66. The number of hydrogen-bond donors (Lipinski definition) is 1. The van der Waals surface area contributed by atoms with Crippen LogP contribution in [0.3, 0.4) is 0 Å². The van der Waals surface area contributed by atoms with Crippen LogP contribution in [-0.4, -0.2) is 71.4 Å². The normalized spacial score (nSPS) is 21.5. The van der Waals surface area contributed by atoms with Gasteiger partial charge in [0.15, 0.2) is 11.5 Å². The molecule has 1 aliphatic heterocycles. The molecule has 2 aromatic heterocycles. The molecule has 9 heteroatoms. The van der Waals surface area contributed by atoms with Gasteiger partial charge >= 0.3 is 0 Å². The molecule has 2 atom stereocenters. The Labute approximate surface area is 193 Å². The summed E-state index contributed by atoms with van der Waals surface area (Å²) in [6, 6.07) is 10.7. The highest BCUT2D eigenvalue weighted by atomic mass is 16.5. The SMILES string of the molecule is COC1=CC(Nc2nc3c(N4CCN(C)CC4c4ccccc4)nccn3n2)CC(OC)=C1. The quantitative estimate of drug-likeness (QED) is 0.618. The number of benzene rings is 1. The van der Waals surface area contributed by atoms with E-state index < -0.39 is 0 Å². The Hall–Kier alpha value is -3.59. The molecule has 0 saturated carbocycles. The molecule has 1 saturated heterocycles. The predicted molar refractivity (Wildman–Crippen MR) is 127 cm³/mol. The molecule has 1 fully saturated rings. The molecule has 2 aliphatic rings. The molecule has 3 aromatic rings. The molecule has 0 bridgehead atoms. The molecule has 0 spiro atoms. The zero-order chi connectivity index (χ0) is 22.8. The Balaban J connectivity index is 1.45. The number of nitrogens with zero attached hydrogens (tertiary/aromatic N) is 6. The number of methoxy groups -OCH3 is 2.